The molecule has 2 aromatic heterocycles. The van der Waals surface area contributed by atoms with Gasteiger partial charge in [-0.15, -0.1) is 0 Å². The molecule has 0 aliphatic rings. The molecule has 0 saturated heterocycles. The average molecular weight is 215 g/mol. The van der Waals surface area contributed by atoms with E-state index >= 15 is 0 Å². The fraction of sp³-hybridized carbons (Fsp3) is 0.273. The van der Waals surface area contributed by atoms with E-state index in [2.05, 4.69) is 32.2 Å². The Labute approximate surface area is 94.0 Å². The molecule has 1 N–H and O–H groups in total. The van der Waals surface area contributed by atoms with Crippen molar-refractivity contribution in [3.05, 3.63) is 30.5 Å². The minimum atomic E-state index is 0.776. The Balaban J connectivity index is 2.57. The van der Waals surface area contributed by atoms with Crippen LogP contribution in [0.25, 0.3) is 11.4 Å². The maximum absolute atomic E-state index is 4.27. The maximum atomic E-state index is 4.27. The quantitative estimate of drug-likeness (QED) is 0.841. The Bertz CT molecular complexity index is 469. The summed E-state index contributed by atoms with van der Waals surface area (Å²) in [6, 6.07) is 0. The van der Waals surface area contributed by atoms with Gasteiger partial charge in [0.25, 0.3) is 0 Å². The predicted octanol–water partition coefficient (Wildman–Crippen LogP) is 1.54. The second-order valence-electron chi connectivity index (χ2n) is 3.24. The molecule has 5 nitrogen and oxygen atoms in total. The number of aromatic nitrogens is 4. The largest absolute Gasteiger partial charge is 0.373 e. The van der Waals surface area contributed by atoms with Crippen molar-refractivity contribution in [2.75, 3.05) is 12.4 Å². The standard InChI is InChI=1S/C11H13N5/c1-3-8-10(9-6-13-4-5-14-9)15-7-16-11(8)12-2/h4-7H,3H2,1-2H3,(H,12,15,16). The van der Waals surface area contributed by atoms with Gasteiger partial charge in [-0.25, -0.2) is 9.97 Å². The van der Waals surface area contributed by atoms with E-state index in [1.165, 1.54) is 6.33 Å². The van der Waals surface area contributed by atoms with E-state index in [9.17, 15) is 0 Å². The Morgan fingerprint density at radius 2 is 2.06 bits per heavy atom. The molecule has 0 bridgehead atoms. The third kappa shape index (κ3) is 1.84. The third-order valence-corrected chi connectivity index (χ3v) is 2.34. The highest BCUT2D eigenvalue weighted by atomic mass is 15.0. The summed E-state index contributed by atoms with van der Waals surface area (Å²) in [5, 5.41) is 3.06. The van der Waals surface area contributed by atoms with Crippen molar-refractivity contribution in [2.45, 2.75) is 13.3 Å². The number of hydrogen-bond donors (Lipinski definition) is 1. The number of hydrogen-bond acceptors (Lipinski definition) is 5. The highest BCUT2D eigenvalue weighted by molar-refractivity contribution is 5.64. The fourth-order valence-electron chi connectivity index (χ4n) is 1.60. The molecular formula is C11H13N5. The molecule has 5 heteroatoms. The lowest BCUT2D eigenvalue weighted by molar-refractivity contribution is 1.03. The van der Waals surface area contributed by atoms with Gasteiger partial charge in [0.05, 0.1) is 11.9 Å². The van der Waals surface area contributed by atoms with E-state index in [-0.39, 0.29) is 0 Å². The van der Waals surface area contributed by atoms with Gasteiger partial charge in [0.15, 0.2) is 0 Å². The summed E-state index contributed by atoms with van der Waals surface area (Å²) >= 11 is 0. The van der Waals surface area contributed by atoms with E-state index in [4.69, 9.17) is 0 Å². The van der Waals surface area contributed by atoms with Crippen molar-refractivity contribution >= 4 is 5.82 Å². The summed E-state index contributed by atoms with van der Waals surface area (Å²) in [4.78, 5) is 16.8. The molecule has 0 amide bonds. The van der Waals surface area contributed by atoms with Gasteiger partial charge in [-0.3, -0.25) is 9.97 Å². The van der Waals surface area contributed by atoms with E-state index in [0.29, 0.717) is 0 Å². The first kappa shape index (κ1) is 10.5. The van der Waals surface area contributed by atoms with Gasteiger partial charge in [0, 0.05) is 25.0 Å². The van der Waals surface area contributed by atoms with Gasteiger partial charge >= 0.3 is 0 Å². The first-order valence-electron chi connectivity index (χ1n) is 5.14. The first-order chi connectivity index (χ1) is 7.86. The molecule has 0 unspecified atom stereocenters. The molecule has 0 aliphatic heterocycles. The summed E-state index contributed by atoms with van der Waals surface area (Å²) in [7, 11) is 1.85. The van der Waals surface area contributed by atoms with Crippen LogP contribution >= 0.6 is 0 Å². The Kier molecular flexibility index (Phi) is 3.05. The highest BCUT2D eigenvalue weighted by Gasteiger charge is 2.11. The van der Waals surface area contributed by atoms with Crippen LogP contribution in [0.15, 0.2) is 24.9 Å². The molecule has 0 aromatic carbocycles. The molecule has 82 valence electrons. The fourth-order valence-corrected chi connectivity index (χ4v) is 1.60. The lowest BCUT2D eigenvalue weighted by Gasteiger charge is -2.09. The van der Waals surface area contributed by atoms with Gasteiger partial charge in [-0.2, -0.15) is 0 Å². The summed E-state index contributed by atoms with van der Waals surface area (Å²) in [6.45, 7) is 2.07. The second kappa shape index (κ2) is 4.65. The van der Waals surface area contributed by atoms with Gasteiger partial charge in [0.2, 0.25) is 0 Å². The molecule has 2 heterocycles. The van der Waals surface area contributed by atoms with Gasteiger partial charge < -0.3 is 5.32 Å². The molecule has 0 fully saturated rings. The molecule has 16 heavy (non-hydrogen) atoms. The van der Waals surface area contributed by atoms with Crippen molar-refractivity contribution in [3.8, 4) is 11.4 Å². The highest BCUT2D eigenvalue weighted by Crippen LogP contribution is 2.23. The lowest BCUT2D eigenvalue weighted by Crippen LogP contribution is -2.02. The van der Waals surface area contributed by atoms with Crippen LogP contribution in [0, 0.1) is 0 Å². The van der Waals surface area contributed by atoms with Crippen LogP contribution in [0.3, 0.4) is 0 Å². The summed E-state index contributed by atoms with van der Waals surface area (Å²) < 4.78 is 0. The first-order valence-corrected chi connectivity index (χ1v) is 5.14. The zero-order chi connectivity index (χ0) is 11.4. The third-order valence-electron chi connectivity index (χ3n) is 2.34. The van der Waals surface area contributed by atoms with Crippen molar-refractivity contribution < 1.29 is 0 Å². The van der Waals surface area contributed by atoms with Crippen molar-refractivity contribution in [1.29, 1.82) is 0 Å². The number of rotatable bonds is 3. The SMILES string of the molecule is CCc1c(NC)ncnc1-c1cnccn1. The molecule has 0 atom stereocenters. The van der Waals surface area contributed by atoms with Gasteiger partial charge in [-0.05, 0) is 6.42 Å². The summed E-state index contributed by atoms with van der Waals surface area (Å²) in [5.74, 6) is 0.846. The van der Waals surface area contributed by atoms with Crippen LogP contribution in [-0.2, 0) is 6.42 Å². The Morgan fingerprint density at radius 3 is 2.69 bits per heavy atom. The van der Waals surface area contributed by atoms with Crippen molar-refractivity contribution in [1.82, 2.24) is 19.9 Å². The summed E-state index contributed by atoms with van der Waals surface area (Å²) in [6.07, 6.45) is 7.41. The molecular weight excluding hydrogens is 202 g/mol. The van der Waals surface area contributed by atoms with E-state index in [1.54, 1.807) is 18.6 Å². The predicted molar refractivity (Wildman–Crippen MR) is 62.0 cm³/mol. The van der Waals surface area contributed by atoms with Gasteiger partial charge in [-0.1, -0.05) is 6.92 Å². The van der Waals surface area contributed by atoms with Gasteiger partial charge in [0.1, 0.15) is 17.8 Å². The lowest BCUT2D eigenvalue weighted by atomic mass is 10.1. The van der Waals surface area contributed by atoms with Crippen LogP contribution in [0.2, 0.25) is 0 Å². The average Bonchev–Trinajstić information content (AvgIpc) is 2.38. The molecule has 0 saturated carbocycles. The van der Waals surface area contributed by atoms with Crippen LogP contribution in [0.4, 0.5) is 5.82 Å². The Morgan fingerprint density at radius 1 is 1.19 bits per heavy atom. The van der Waals surface area contributed by atoms with E-state index < -0.39 is 0 Å². The topological polar surface area (TPSA) is 63.6 Å². The van der Waals surface area contributed by atoms with Crippen LogP contribution in [0.1, 0.15) is 12.5 Å². The maximum Gasteiger partial charge on any atom is 0.132 e. The van der Waals surface area contributed by atoms with Crippen LogP contribution < -0.4 is 5.32 Å². The molecule has 0 radical (unpaired) electrons. The monoisotopic (exact) mass is 215 g/mol. The van der Waals surface area contributed by atoms with E-state index in [0.717, 1.165) is 29.2 Å². The minimum absolute atomic E-state index is 0.776. The zero-order valence-corrected chi connectivity index (χ0v) is 9.31. The Hall–Kier alpha value is -2.04. The van der Waals surface area contributed by atoms with Crippen LogP contribution in [-0.4, -0.2) is 27.0 Å². The molecule has 0 aliphatic carbocycles. The second-order valence-corrected chi connectivity index (χ2v) is 3.24. The van der Waals surface area contributed by atoms with Crippen LogP contribution in [0.5, 0.6) is 0 Å². The summed E-state index contributed by atoms with van der Waals surface area (Å²) in [5.41, 5.74) is 2.68. The van der Waals surface area contributed by atoms with E-state index in [1.807, 2.05) is 7.05 Å². The normalized spacial score (nSPS) is 10.1. The molecule has 2 aromatic rings. The van der Waals surface area contributed by atoms with Crippen molar-refractivity contribution in [2.24, 2.45) is 0 Å². The van der Waals surface area contributed by atoms with Crippen molar-refractivity contribution in [3.63, 3.8) is 0 Å². The zero-order valence-electron chi connectivity index (χ0n) is 9.31. The number of nitrogens with one attached hydrogen (secondary N) is 1. The molecule has 0 spiro atoms. The number of nitrogens with zero attached hydrogens (tertiary/aromatic N) is 4. The minimum Gasteiger partial charge on any atom is -0.373 e. The number of anilines is 1. The molecule has 2 rings (SSSR count). The smallest absolute Gasteiger partial charge is 0.132 e.